The van der Waals surface area contributed by atoms with E-state index in [1.54, 1.807) is 0 Å². The topological polar surface area (TPSA) is 38.9 Å². The van der Waals surface area contributed by atoms with Crippen LogP contribution in [0.15, 0.2) is 17.3 Å². The van der Waals surface area contributed by atoms with Crippen LogP contribution in [-0.2, 0) is 6.18 Å². The maximum atomic E-state index is 12.5. The Morgan fingerprint density at radius 3 is 2.58 bits per heavy atom. The largest absolute Gasteiger partial charge is 0.417 e. The van der Waals surface area contributed by atoms with E-state index in [9.17, 15) is 13.2 Å². The Hall–Kier alpha value is -0.460. The summed E-state index contributed by atoms with van der Waals surface area (Å²) in [5.74, 6) is 0. The molecule has 0 aliphatic heterocycles. The molecule has 0 saturated heterocycles. The molecule has 106 valence electrons. The molecule has 1 aromatic rings. The third-order valence-electron chi connectivity index (χ3n) is 3.15. The number of thioether (sulfide) groups is 1. The molecule has 0 spiro atoms. The predicted octanol–water partition coefficient (Wildman–Crippen LogP) is 4.12. The molecule has 0 aromatic carbocycles. The molecule has 2 unspecified atom stereocenters. The fraction of sp³-hybridized carbons (Fsp3) is 0.583. The van der Waals surface area contributed by atoms with Crippen LogP contribution < -0.4 is 5.73 Å². The van der Waals surface area contributed by atoms with Crippen molar-refractivity contribution < 1.29 is 13.2 Å². The Labute approximate surface area is 118 Å². The van der Waals surface area contributed by atoms with Crippen molar-refractivity contribution in [3.8, 4) is 0 Å². The highest BCUT2D eigenvalue weighted by atomic mass is 35.5. The van der Waals surface area contributed by atoms with Gasteiger partial charge in [0.2, 0.25) is 0 Å². The second-order valence-electron chi connectivity index (χ2n) is 4.61. The van der Waals surface area contributed by atoms with Gasteiger partial charge in [0, 0.05) is 17.5 Å². The number of halogens is 4. The number of nitrogens with zero attached hydrogens (tertiary/aromatic N) is 1. The Bertz CT molecular complexity index is 453. The van der Waals surface area contributed by atoms with Crippen LogP contribution in [0.4, 0.5) is 13.2 Å². The molecule has 7 heteroatoms. The van der Waals surface area contributed by atoms with Gasteiger partial charge in [-0.3, -0.25) is 0 Å². The maximum absolute atomic E-state index is 12.5. The molecule has 1 heterocycles. The maximum Gasteiger partial charge on any atom is 0.417 e. The second kappa shape index (κ2) is 5.89. The first-order valence-electron chi connectivity index (χ1n) is 6.03. The van der Waals surface area contributed by atoms with E-state index in [-0.39, 0.29) is 16.3 Å². The van der Waals surface area contributed by atoms with Crippen molar-refractivity contribution in [2.24, 2.45) is 5.73 Å². The third-order valence-corrected chi connectivity index (χ3v) is 4.99. The zero-order chi connectivity index (χ0) is 14.0. The summed E-state index contributed by atoms with van der Waals surface area (Å²) in [6.45, 7) is 0. The van der Waals surface area contributed by atoms with Gasteiger partial charge >= 0.3 is 6.18 Å². The van der Waals surface area contributed by atoms with Crippen molar-refractivity contribution in [2.75, 3.05) is 0 Å². The van der Waals surface area contributed by atoms with Gasteiger partial charge < -0.3 is 5.73 Å². The number of hydrogen-bond donors (Lipinski definition) is 1. The normalized spacial score (nSPS) is 24.5. The summed E-state index contributed by atoms with van der Waals surface area (Å²) >= 11 is 7.26. The van der Waals surface area contributed by atoms with E-state index in [1.165, 1.54) is 11.8 Å². The van der Waals surface area contributed by atoms with Crippen molar-refractivity contribution in [1.82, 2.24) is 4.98 Å². The Morgan fingerprint density at radius 2 is 2.00 bits per heavy atom. The molecule has 2 nitrogen and oxygen atoms in total. The smallest absolute Gasteiger partial charge is 0.327 e. The van der Waals surface area contributed by atoms with Crippen molar-refractivity contribution in [3.63, 3.8) is 0 Å². The lowest BCUT2D eigenvalue weighted by Crippen LogP contribution is -2.35. The van der Waals surface area contributed by atoms with E-state index in [1.807, 2.05) is 0 Å². The average Bonchev–Trinajstić information content (AvgIpc) is 2.33. The summed E-state index contributed by atoms with van der Waals surface area (Å²) in [4.78, 5) is 3.83. The van der Waals surface area contributed by atoms with E-state index in [0.717, 1.165) is 37.9 Å². The van der Waals surface area contributed by atoms with E-state index >= 15 is 0 Å². The summed E-state index contributed by atoms with van der Waals surface area (Å²) in [5.41, 5.74) is 5.18. The van der Waals surface area contributed by atoms with Crippen LogP contribution in [0.5, 0.6) is 0 Å². The highest BCUT2D eigenvalue weighted by molar-refractivity contribution is 8.00. The number of aromatic nitrogens is 1. The molecule has 19 heavy (non-hydrogen) atoms. The molecule has 1 aromatic heterocycles. The van der Waals surface area contributed by atoms with Gasteiger partial charge in [-0.2, -0.15) is 13.2 Å². The Kier molecular flexibility index (Phi) is 4.63. The average molecular weight is 311 g/mol. The van der Waals surface area contributed by atoms with Crippen LogP contribution in [0.1, 0.15) is 31.2 Å². The van der Waals surface area contributed by atoms with Crippen molar-refractivity contribution >= 4 is 23.4 Å². The molecular formula is C12H14ClF3N2S. The molecule has 1 fully saturated rings. The lowest BCUT2D eigenvalue weighted by atomic mass is 9.96. The predicted molar refractivity (Wildman–Crippen MR) is 70.3 cm³/mol. The first-order valence-corrected chi connectivity index (χ1v) is 7.28. The summed E-state index contributed by atoms with van der Waals surface area (Å²) < 4.78 is 37.5. The summed E-state index contributed by atoms with van der Waals surface area (Å²) in [7, 11) is 0. The molecule has 0 bridgehead atoms. The monoisotopic (exact) mass is 310 g/mol. The molecule has 1 aliphatic carbocycles. The minimum atomic E-state index is -4.42. The first kappa shape index (κ1) is 14.9. The second-order valence-corrected chi connectivity index (χ2v) is 6.25. The minimum Gasteiger partial charge on any atom is -0.327 e. The van der Waals surface area contributed by atoms with E-state index < -0.39 is 11.7 Å². The number of hydrogen-bond acceptors (Lipinski definition) is 3. The molecule has 0 radical (unpaired) electrons. The van der Waals surface area contributed by atoms with Crippen LogP contribution in [0.2, 0.25) is 5.02 Å². The van der Waals surface area contributed by atoms with Gasteiger partial charge in [-0.15, -0.1) is 0 Å². The number of alkyl halides is 3. The van der Waals surface area contributed by atoms with Gasteiger partial charge in [0.15, 0.2) is 0 Å². The van der Waals surface area contributed by atoms with Gasteiger partial charge in [0.1, 0.15) is 5.03 Å². The van der Waals surface area contributed by atoms with E-state index in [0.29, 0.717) is 5.03 Å². The van der Waals surface area contributed by atoms with Gasteiger partial charge in [-0.25, -0.2) is 4.98 Å². The van der Waals surface area contributed by atoms with Gasteiger partial charge in [-0.05, 0) is 18.9 Å². The third kappa shape index (κ3) is 3.77. The highest BCUT2D eigenvalue weighted by Gasteiger charge is 2.32. The summed E-state index contributed by atoms with van der Waals surface area (Å²) in [6.07, 6.45) is 0.487. The molecule has 1 saturated carbocycles. The zero-order valence-corrected chi connectivity index (χ0v) is 11.7. The molecular weight excluding hydrogens is 297 g/mol. The molecule has 1 aliphatic rings. The SMILES string of the molecule is NC1CCCCC1Sc1ncc(C(F)(F)F)cc1Cl. The van der Waals surface area contributed by atoms with E-state index in [4.69, 9.17) is 17.3 Å². The van der Waals surface area contributed by atoms with Gasteiger partial charge in [0.25, 0.3) is 0 Å². The lowest BCUT2D eigenvalue weighted by molar-refractivity contribution is -0.137. The molecule has 2 N–H and O–H groups in total. The number of pyridine rings is 1. The van der Waals surface area contributed by atoms with Crippen molar-refractivity contribution in [1.29, 1.82) is 0 Å². The van der Waals surface area contributed by atoms with Gasteiger partial charge in [0.05, 0.1) is 10.6 Å². The van der Waals surface area contributed by atoms with E-state index in [2.05, 4.69) is 4.98 Å². The van der Waals surface area contributed by atoms with Crippen LogP contribution in [0, 0.1) is 0 Å². The van der Waals surface area contributed by atoms with Crippen molar-refractivity contribution in [2.45, 2.75) is 48.2 Å². The van der Waals surface area contributed by atoms with Crippen molar-refractivity contribution in [3.05, 3.63) is 22.8 Å². The summed E-state index contributed by atoms with van der Waals surface area (Å²) in [6, 6.07) is 0.976. The molecule has 2 atom stereocenters. The van der Waals surface area contributed by atoms with Crippen LogP contribution in [0.3, 0.4) is 0 Å². The summed E-state index contributed by atoms with van der Waals surface area (Å²) in [5, 5.41) is 0.644. The zero-order valence-electron chi connectivity index (χ0n) is 10.1. The molecule has 0 amide bonds. The first-order chi connectivity index (χ1) is 8.88. The molecule has 2 rings (SSSR count). The quantitative estimate of drug-likeness (QED) is 0.893. The Morgan fingerprint density at radius 1 is 1.32 bits per heavy atom. The highest BCUT2D eigenvalue weighted by Crippen LogP contribution is 2.38. The fourth-order valence-electron chi connectivity index (χ4n) is 2.08. The van der Waals surface area contributed by atoms with Crippen LogP contribution >= 0.6 is 23.4 Å². The lowest BCUT2D eigenvalue weighted by Gasteiger charge is -2.27. The van der Waals surface area contributed by atoms with Crippen LogP contribution in [0.25, 0.3) is 0 Å². The van der Waals surface area contributed by atoms with Gasteiger partial charge in [-0.1, -0.05) is 36.2 Å². The fourth-order valence-corrected chi connectivity index (χ4v) is 3.55. The number of nitrogens with two attached hydrogens (primary N) is 1. The minimum absolute atomic E-state index is 0.0394. The standard InChI is InChI=1S/C12H14ClF3N2S/c13-8-5-7(12(14,15)16)6-18-11(8)19-10-4-2-1-3-9(10)17/h5-6,9-10H,1-4,17H2. The Balaban J connectivity index is 2.13. The van der Waals surface area contributed by atoms with Crippen LogP contribution in [-0.4, -0.2) is 16.3 Å². The number of rotatable bonds is 2.